The molecule has 28 heavy (non-hydrogen) atoms. The Hall–Kier alpha value is -3.33. The first-order valence-electron chi connectivity index (χ1n) is 8.37. The number of hydrogen-bond acceptors (Lipinski definition) is 6. The van der Waals surface area contributed by atoms with Crippen molar-refractivity contribution in [2.45, 2.75) is 6.54 Å². The van der Waals surface area contributed by atoms with Crippen LogP contribution >= 0.6 is 11.3 Å². The summed E-state index contributed by atoms with van der Waals surface area (Å²) in [6, 6.07) is 4.65. The first kappa shape index (κ1) is 18.1. The molecule has 4 aromatic rings. The van der Waals surface area contributed by atoms with Gasteiger partial charge in [0.15, 0.2) is 16.5 Å². The second-order valence-electron chi connectivity index (χ2n) is 6.11. The van der Waals surface area contributed by atoms with Crippen LogP contribution < -0.4 is 4.74 Å². The quantitative estimate of drug-likeness (QED) is 0.517. The summed E-state index contributed by atoms with van der Waals surface area (Å²) in [7, 11) is 3.12. The molecule has 7 nitrogen and oxygen atoms in total. The minimum Gasteiger partial charge on any atom is -0.494 e. The lowest BCUT2D eigenvalue weighted by Gasteiger charge is -2.15. The lowest BCUT2D eigenvalue weighted by Crippen LogP contribution is -2.27. The molecule has 0 saturated carbocycles. The highest BCUT2D eigenvalue weighted by atomic mass is 32.1. The molecule has 0 bridgehead atoms. The molecule has 3 aromatic heterocycles. The van der Waals surface area contributed by atoms with E-state index in [4.69, 9.17) is 4.74 Å². The second kappa shape index (κ2) is 7.35. The smallest absolute Gasteiger partial charge is 0.271 e. The van der Waals surface area contributed by atoms with Gasteiger partial charge in [0.05, 0.1) is 31.2 Å². The number of methoxy groups -OCH3 is 1. The Bertz CT molecular complexity index is 1140. The van der Waals surface area contributed by atoms with Gasteiger partial charge in [-0.1, -0.05) is 0 Å². The molecule has 0 unspecified atom stereocenters. The molecule has 0 atom stereocenters. The van der Waals surface area contributed by atoms with Crippen molar-refractivity contribution in [2.75, 3.05) is 14.2 Å². The highest BCUT2D eigenvalue weighted by molar-refractivity contribution is 7.15. The van der Waals surface area contributed by atoms with Crippen LogP contribution in [0.3, 0.4) is 0 Å². The van der Waals surface area contributed by atoms with Crippen molar-refractivity contribution in [3.63, 3.8) is 0 Å². The third-order valence-electron chi connectivity index (χ3n) is 4.24. The normalized spacial score (nSPS) is 11.0. The Morgan fingerprint density at radius 1 is 1.36 bits per heavy atom. The van der Waals surface area contributed by atoms with E-state index in [-0.39, 0.29) is 11.7 Å². The van der Waals surface area contributed by atoms with Crippen molar-refractivity contribution < 1.29 is 13.9 Å². The summed E-state index contributed by atoms with van der Waals surface area (Å²) in [4.78, 5) is 27.8. The zero-order chi connectivity index (χ0) is 19.7. The predicted octanol–water partition coefficient (Wildman–Crippen LogP) is 3.27. The maximum absolute atomic E-state index is 14.0. The molecule has 1 aromatic carbocycles. The van der Waals surface area contributed by atoms with Gasteiger partial charge >= 0.3 is 0 Å². The number of nitrogens with zero attached hydrogens (tertiary/aromatic N) is 5. The monoisotopic (exact) mass is 397 g/mol. The number of carbonyl (C=O) groups excluding carboxylic acids is 1. The Morgan fingerprint density at radius 2 is 2.21 bits per heavy atom. The molecule has 142 valence electrons. The third kappa shape index (κ3) is 3.31. The van der Waals surface area contributed by atoms with Gasteiger partial charge in [-0.3, -0.25) is 19.2 Å². The Balaban J connectivity index is 1.62. The van der Waals surface area contributed by atoms with Gasteiger partial charge in [0, 0.05) is 36.6 Å². The van der Waals surface area contributed by atoms with Crippen LogP contribution in [0.5, 0.6) is 5.75 Å². The first-order chi connectivity index (χ1) is 13.6. The van der Waals surface area contributed by atoms with E-state index in [0.29, 0.717) is 34.2 Å². The Kier molecular flexibility index (Phi) is 4.74. The van der Waals surface area contributed by atoms with Crippen LogP contribution in [0.15, 0.2) is 48.4 Å². The molecule has 4 rings (SSSR count). The van der Waals surface area contributed by atoms with E-state index < -0.39 is 5.82 Å². The van der Waals surface area contributed by atoms with Crippen LogP contribution in [0, 0.1) is 5.82 Å². The van der Waals surface area contributed by atoms with Gasteiger partial charge in [-0.15, -0.1) is 11.3 Å². The Morgan fingerprint density at radius 3 is 2.93 bits per heavy atom. The van der Waals surface area contributed by atoms with Crippen molar-refractivity contribution in [3.05, 3.63) is 65.6 Å². The fourth-order valence-electron chi connectivity index (χ4n) is 2.82. The third-order valence-corrected chi connectivity index (χ3v) is 5.08. The predicted molar refractivity (Wildman–Crippen MR) is 103 cm³/mol. The van der Waals surface area contributed by atoms with Gasteiger partial charge in [-0.05, 0) is 18.2 Å². The minimum atomic E-state index is -0.462. The van der Waals surface area contributed by atoms with Gasteiger partial charge in [-0.25, -0.2) is 9.37 Å². The molecule has 1 amide bonds. The molecule has 9 heteroatoms. The summed E-state index contributed by atoms with van der Waals surface area (Å²) < 4.78 is 20.7. The first-order valence-corrected chi connectivity index (χ1v) is 9.25. The average molecular weight is 397 g/mol. The number of hydrogen-bond donors (Lipinski definition) is 0. The molecule has 0 aliphatic carbocycles. The standard InChI is InChI=1S/C19H16FN5O2S/c1-24(9-13-8-21-5-6-22-13)18(26)16-11-28-19-23-15(10-25(16)19)12-3-4-17(27-2)14(20)7-12/h3-8,10-11H,9H2,1-2H3. The molecule has 0 N–H and O–H groups in total. The number of amides is 1. The van der Waals surface area contributed by atoms with Crippen LogP contribution in [0.4, 0.5) is 4.39 Å². The van der Waals surface area contributed by atoms with E-state index in [9.17, 15) is 9.18 Å². The molecule has 0 aliphatic rings. The van der Waals surface area contributed by atoms with Crippen molar-refractivity contribution in [1.29, 1.82) is 0 Å². The average Bonchev–Trinajstić information content (AvgIpc) is 3.29. The fourth-order valence-corrected chi connectivity index (χ4v) is 3.67. The number of rotatable bonds is 5. The van der Waals surface area contributed by atoms with E-state index in [1.54, 1.807) is 58.6 Å². The highest BCUT2D eigenvalue weighted by Gasteiger charge is 2.19. The summed E-state index contributed by atoms with van der Waals surface area (Å²) in [5, 5.41) is 1.76. The molecule has 0 fully saturated rings. The van der Waals surface area contributed by atoms with E-state index in [0.717, 1.165) is 0 Å². The highest BCUT2D eigenvalue weighted by Crippen LogP contribution is 2.27. The number of carbonyl (C=O) groups is 1. The fraction of sp³-hybridized carbons (Fsp3) is 0.158. The van der Waals surface area contributed by atoms with Crippen molar-refractivity contribution >= 4 is 22.2 Å². The molecule has 0 saturated heterocycles. The number of ether oxygens (including phenoxy) is 1. The lowest BCUT2D eigenvalue weighted by atomic mass is 10.1. The second-order valence-corrected chi connectivity index (χ2v) is 6.94. The summed E-state index contributed by atoms with van der Waals surface area (Å²) >= 11 is 1.35. The van der Waals surface area contributed by atoms with Gasteiger partial charge in [0.25, 0.3) is 5.91 Å². The van der Waals surface area contributed by atoms with Crippen LogP contribution in [0.25, 0.3) is 16.2 Å². The van der Waals surface area contributed by atoms with Gasteiger partial charge in [0.2, 0.25) is 0 Å². The molecule has 0 aliphatic heterocycles. The molecular weight excluding hydrogens is 381 g/mol. The van der Waals surface area contributed by atoms with Gasteiger partial charge in [0.1, 0.15) is 5.69 Å². The Labute approximate surface area is 164 Å². The number of halogens is 1. The number of benzene rings is 1. The largest absolute Gasteiger partial charge is 0.494 e. The topological polar surface area (TPSA) is 72.6 Å². The zero-order valence-corrected chi connectivity index (χ0v) is 16.0. The van der Waals surface area contributed by atoms with Crippen molar-refractivity contribution in [3.8, 4) is 17.0 Å². The molecule has 3 heterocycles. The molecule has 0 radical (unpaired) electrons. The van der Waals surface area contributed by atoms with E-state index in [2.05, 4.69) is 15.0 Å². The number of imidazole rings is 1. The molecule has 0 spiro atoms. The van der Waals surface area contributed by atoms with Crippen molar-refractivity contribution in [1.82, 2.24) is 24.3 Å². The van der Waals surface area contributed by atoms with Crippen molar-refractivity contribution in [2.24, 2.45) is 0 Å². The van der Waals surface area contributed by atoms with Crippen LogP contribution in [-0.2, 0) is 6.54 Å². The lowest BCUT2D eigenvalue weighted by molar-refractivity contribution is 0.0776. The summed E-state index contributed by atoms with van der Waals surface area (Å²) in [5.74, 6) is -0.454. The number of thiazole rings is 1. The van der Waals surface area contributed by atoms with Crippen LogP contribution in [-0.4, -0.2) is 44.3 Å². The zero-order valence-electron chi connectivity index (χ0n) is 15.2. The SMILES string of the molecule is COc1ccc(-c2cn3c(C(=O)N(C)Cc4cnccn4)csc3n2)cc1F. The van der Waals surface area contributed by atoms with Gasteiger partial charge < -0.3 is 9.64 Å². The maximum Gasteiger partial charge on any atom is 0.271 e. The van der Waals surface area contributed by atoms with E-state index >= 15 is 0 Å². The summed E-state index contributed by atoms with van der Waals surface area (Å²) in [6.45, 7) is 0.343. The van der Waals surface area contributed by atoms with Crippen LogP contribution in [0.1, 0.15) is 16.2 Å². The van der Waals surface area contributed by atoms with E-state index in [1.807, 2.05) is 0 Å². The number of fused-ring (bicyclic) bond motifs is 1. The van der Waals surface area contributed by atoms with E-state index in [1.165, 1.54) is 24.5 Å². The molecular formula is C19H16FN5O2S. The summed E-state index contributed by atoms with van der Waals surface area (Å²) in [5.41, 5.74) is 2.38. The van der Waals surface area contributed by atoms with Gasteiger partial charge in [-0.2, -0.15) is 0 Å². The van der Waals surface area contributed by atoms with Crippen LogP contribution in [0.2, 0.25) is 0 Å². The minimum absolute atomic E-state index is 0.165. The maximum atomic E-state index is 14.0. The summed E-state index contributed by atoms with van der Waals surface area (Å²) in [6.07, 6.45) is 6.53. The number of aromatic nitrogens is 4.